The van der Waals surface area contributed by atoms with Crippen LogP contribution >= 0.6 is 46.5 Å². The molecule has 146 valence electrons. The summed E-state index contributed by atoms with van der Waals surface area (Å²) in [5.41, 5.74) is 1.15. The van der Waals surface area contributed by atoms with E-state index in [1.54, 1.807) is 23.7 Å². The molecular formula is C16H18ClN3O3S4. The molecule has 0 spiro atoms. The molecule has 1 atom stereocenters. The van der Waals surface area contributed by atoms with Crippen LogP contribution in [0.5, 0.6) is 0 Å². The predicted molar refractivity (Wildman–Crippen MR) is 111 cm³/mol. The van der Waals surface area contributed by atoms with Gasteiger partial charge in [-0.2, -0.15) is 0 Å². The van der Waals surface area contributed by atoms with Crippen LogP contribution < -0.4 is 0 Å². The number of carbonyl (C=O) groups is 1. The van der Waals surface area contributed by atoms with Crippen LogP contribution in [0.4, 0.5) is 0 Å². The molecule has 6 nitrogen and oxygen atoms in total. The van der Waals surface area contributed by atoms with Crippen LogP contribution in [0.1, 0.15) is 12.0 Å². The summed E-state index contributed by atoms with van der Waals surface area (Å²) in [7, 11) is -1.33. The van der Waals surface area contributed by atoms with Crippen molar-refractivity contribution in [3.63, 3.8) is 0 Å². The summed E-state index contributed by atoms with van der Waals surface area (Å²) in [5.74, 6) is 1.13. The first kappa shape index (κ1) is 20.9. The van der Waals surface area contributed by atoms with Crippen LogP contribution in [0.2, 0.25) is 5.02 Å². The van der Waals surface area contributed by atoms with E-state index in [4.69, 9.17) is 11.6 Å². The minimum absolute atomic E-state index is 0.0597. The highest BCUT2D eigenvalue weighted by atomic mass is 35.5. The first-order valence-corrected chi connectivity index (χ1v) is 13.1. The smallest absolute Gasteiger partial charge is 0.233 e. The van der Waals surface area contributed by atoms with E-state index in [0.717, 1.165) is 20.0 Å². The number of sulfone groups is 1. The van der Waals surface area contributed by atoms with Crippen molar-refractivity contribution in [3.05, 3.63) is 34.9 Å². The van der Waals surface area contributed by atoms with Crippen molar-refractivity contribution in [2.45, 2.75) is 26.9 Å². The third kappa shape index (κ3) is 6.08. The summed E-state index contributed by atoms with van der Waals surface area (Å²) >= 11 is 10.3. The number of amides is 1. The number of rotatable bonds is 7. The number of halogens is 1. The zero-order valence-corrected chi connectivity index (χ0v) is 18.5. The third-order valence-corrected chi connectivity index (χ3v) is 9.38. The Balaban J connectivity index is 1.46. The zero-order chi connectivity index (χ0) is 19.4. The molecule has 1 saturated heterocycles. The van der Waals surface area contributed by atoms with Crippen LogP contribution in [0, 0.1) is 0 Å². The number of carbonyl (C=O) groups excluding carboxylic acids is 1. The molecule has 1 fully saturated rings. The van der Waals surface area contributed by atoms with Gasteiger partial charge in [-0.25, -0.2) is 8.42 Å². The summed E-state index contributed by atoms with van der Waals surface area (Å²) in [6.45, 7) is 0. The molecular weight excluding hydrogens is 446 g/mol. The average molecular weight is 464 g/mol. The monoisotopic (exact) mass is 463 g/mol. The number of nitrogens with zero attached hydrogens (tertiary/aromatic N) is 3. The zero-order valence-electron chi connectivity index (χ0n) is 14.5. The fraction of sp³-hybridized carbons (Fsp3) is 0.438. The van der Waals surface area contributed by atoms with Crippen molar-refractivity contribution in [2.24, 2.45) is 0 Å². The van der Waals surface area contributed by atoms with E-state index in [-0.39, 0.29) is 29.2 Å². The van der Waals surface area contributed by atoms with Gasteiger partial charge in [0.2, 0.25) is 5.91 Å². The number of hydrogen-bond donors (Lipinski definition) is 0. The minimum atomic E-state index is -3.00. The maximum atomic E-state index is 12.3. The number of thioether (sulfide) groups is 2. The lowest BCUT2D eigenvalue weighted by Crippen LogP contribution is -2.38. The van der Waals surface area contributed by atoms with Gasteiger partial charge in [-0.1, -0.05) is 58.6 Å². The third-order valence-electron chi connectivity index (χ3n) is 4.13. The average Bonchev–Trinajstić information content (AvgIpc) is 3.24. The summed E-state index contributed by atoms with van der Waals surface area (Å²) < 4.78 is 24.7. The Hall–Kier alpha value is -0.810. The van der Waals surface area contributed by atoms with Crippen molar-refractivity contribution in [1.82, 2.24) is 15.1 Å². The Bertz CT molecular complexity index is 902. The van der Waals surface area contributed by atoms with Gasteiger partial charge in [0, 0.05) is 23.9 Å². The summed E-state index contributed by atoms with van der Waals surface area (Å²) in [6.07, 6.45) is 0.513. The molecule has 1 amide bonds. The molecule has 0 N–H and O–H groups in total. The minimum Gasteiger partial charge on any atom is -0.341 e. The molecule has 3 rings (SSSR count). The molecule has 1 aromatic carbocycles. The lowest BCUT2D eigenvalue weighted by atomic mass is 10.2. The van der Waals surface area contributed by atoms with E-state index in [1.807, 2.05) is 24.3 Å². The lowest BCUT2D eigenvalue weighted by Gasteiger charge is -2.22. The lowest BCUT2D eigenvalue weighted by molar-refractivity contribution is -0.128. The quantitative estimate of drug-likeness (QED) is 0.583. The van der Waals surface area contributed by atoms with Crippen LogP contribution in [0.25, 0.3) is 0 Å². The fourth-order valence-electron chi connectivity index (χ4n) is 2.55. The van der Waals surface area contributed by atoms with Gasteiger partial charge in [0.15, 0.2) is 18.5 Å². The van der Waals surface area contributed by atoms with Crippen molar-refractivity contribution in [3.8, 4) is 0 Å². The highest BCUT2D eigenvalue weighted by Crippen LogP contribution is 2.31. The van der Waals surface area contributed by atoms with Gasteiger partial charge in [-0.15, -0.1) is 10.2 Å². The van der Waals surface area contributed by atoms with Crippen molar-refractivity contribution in [1.29, 1.82) is 0 Å². The van der Waals surface area contributed by atoms with Gasteiger partial charge in [-0.05, 0) is 24.1 Å². The second-order valence-electron chi connectivity index (χ2n) is 6.10. The molecule has 2 heterocycles. The molecule has 0 saturated carbocycles. The molecule has 0 radical (unpaired) electrons. The van der Waals surface area contributed by atoms with Crippen molar-refractivity contribution in [2.75, 3.05) is 24.3 Å². The van der Waals surface area contributed by atoms with Crippen molar-refractivity contribution < 1.29 is 13.2 Å². The molecule has 1 aliphatic rings. The van der Waals surface area contributed by atoms with Gasteiger partial charge in [0.25, 0.3) is 0 Å². The number of benzene rings is 1. The molecule has 1 aliphatic heterocycles. The van der Waals surface area contributed by atoms with E-state index < -0.39 is 9.84 Å². The Morgan fingerprint density at radius 1 is 1.26 bits per heavy atom. The van der Waals surface area contributed by atoms with Gasteiger partial charge < -0.3 is 4.90 Å². The van der Waals surface area contributed by atoms with Gasteiger partial charge >= 0.3 is 0 Å². The topological polar surface area (TPSA) is 80.2 Å². The molecule has 0 bridgehead atoms. The Morgan fingerprint density at radius 2 is 1.93 bits per heavy atom. The van der Waals surface area contributed by atoms with E-state index in [0.29, 0.717) is 11.4 Å². The first-order chi connectivity index (χ1) is 12.8. The molecule has 1 unspecified atom stereocenters. The molecule has 0 aliphatic carbocycles. The van der Waals surface area contributed by atoms with E-state index in [2.05, 4.69) is 10.2 Å². The van der Waals surface area contributed by atoms with E-state index >= 15 is 0 Å². The van der Waals surface area contributed by atoms with Crippen LogP contribution in [0.15, 0.2) is 32.9 Å². The Morgan fingerprint density at radius 3 is 2.56 bits per heavy atom. The standard InChI is InChI=1S/C16H18ClN3O3S4/c1-20(13-6-7-27(22,23)10-13)14(21)9-25-16-19-18-15(26-16)24-8-11-2-4-12(17)5-3-11/h2-5,13H,6-10H2,1H3. The van der Waals surface area contributed by atoms with Gasteiger partial charge in [0.1, 0.15) is 0 Å². The van der Waals surface area contributed by atoms with Gasteiger partial charge in [-0.3, -0.25) is 4.79 Å². The maximum Gasteiger partial charge on any atom is 0.233 e. The van der Waals surface area contributed by atoms with E-state index in [1.165, 1.54) is 23.1 Å². The summed E-state index contributed by atoms with van der Waals surface area (Å²) in [6, 6.07) is 7.45. The molecule has 2 aromatic rings. The van der Waals surface area contributed by atoms with Gasteiger partial charge in [0.05, 0.1) is 17.3 Å². The normalized spacial score (nSPS) is 18.5. The first-order valence-electron chi connectivity index (χ1n) is 8.12. The second kappa shape index (κ2) is 9.13. The maximum absolute atomic E-state index is 12.3. The van der Waals surface area contributed by atoms with Crippen LogP contribution in [-0.4, -0.2) is 59.8 Å². The SMILES string of the molecule is CN(C(=O)CSc1nnc(SCc2ccc(Cl)cc2)s1)C1CCS(=O)(=O)C1. The molecule has 27 heavy (non-hydrogen) atoms. The molecule has 11 heteroatoms. The number of hydrogen-bond acceptors (Lipinski definition) is 8. The molecule has 1 aromatic heterocycles. The summed E-state index contributed by atoms with van der Waals surface area (Å²) in [5, 5.41) is 8.98. The van der Waals surface area contributed by atoms with Crippen molar-refractivity contribution >= 4 is 62.2 Å². The Kier molecular flexibility index (Phi) is 7.07. The summed E-state index contributed by atoms with van der Waals surface area (Å²) in [4.78, 5) is 13.9. The highest BCUT2D eigenvalue weighted by Gasteiger charge is 2.32. The highest BCUT2D eigenvalue weighted by molar-refractivity contribution is 8.03. The fourth-order valence-corrected chi connectivity index (χ4v) is 7.35. The predicted octanol–water partition coefficient (Wildman–Crippen LogP) is 3.22. The van der Waals surface area contributed by atoms with Crippen LogP contribution in [0.3, 0.4) is 0 Å². The van der Waals surface area contributed by atoms with E-state index in [9.17, 15) is 13.2 Å². The van der Waals surface area contributed by atoms with Crippen LogP contribution in [-0.2, 0) is 20.4 Å². The largest absolute Gasteiger partial charge is 0.341 e. The Labute approximate surface area is 176 Å². The second-order valence-corrected chi connectivity index (χ2v) is 12.2. The number of aromatic nitrogens is 2.